The van der Waals surface area contributed by atoms with Crippen LogP contribution in [-0.4, -0.2) is 22.5 Å². The number of fused-ring (bicyclic) bond motifs is 1. The van der Waals surface area contributed by atoms with Crippen LogP contribution in [0.25, 0.3) is 10.9 Å². The maximum absolute atomic E-state index is 13.9. The molecule has 0 spiro atoms. The normalized spacial score (nSPS) is 10.6. The Labute approximate surface area is 136 Å². The topological polar surface area (TPSA) is 64.1 Å². The third kappa shape index (κ3) is 3.15. The highest BCUT2D eigenvalue weighted by Crippen LogP contribution is 2.26. The highest BCUT2D eigenvalue weighted by Gasteiger charge is 2.16. The van der Waals surface area contributed by atoms with E-state index in [2.05, 4.69) is 15.3 Å². The molecule has 1 aromatic heterocycles. The molecule has 0 fully saturated rings. The minimum Gasteiger partial charge on any atom is -0.460 e. The lowest BCUT2D eigenvalue weighted by Crippen LogP contribution is -2.11. The second-order valence-corrected chi connectivity index (χ2v) is 4.88. The van der Waals surface area contributed by atoms with Crippen LogP contribution >= 0.6 is 0 Å². The van der Waals surface area contributed by atoms with Crippen molar-refractivity contribution in [2.45, 2.75) is 6.92 Å². The minimum atomic E-state index is -0.689. The number of carbonyl (C=O) groups is 1. The van der Waals surface area contributed by atoms with E-state index in [1.54, 1.807) is 31.2 Å². The summed E-state index contributed by atoms with van der Waals surface area (Å²) in [5.41, 5.74) is 0.392. The number of nitrogens with zero attached hydrogens (tertiary/aromatic N) is 2. The molecule has 0 unspecified atom stereocenters. The van der Waals surface area contributed by atoms with Crippen molar-refractivity contribution < 1.29 is 18.3 Å². The second-order valence-electron chi connectivity index (χ2n) is 4.88. The first-order valence-corrected chi connectivity index (χ1v) is 7.24. The predicted octanol–water partition coefficient (Wildman–Crippen LogP) is 3.83. The standard InChI is InChI=1S/C17H13F2N3O2/c1-2-24-17(23)16-20-13-6-4-3-5-11(13)15(22-16)21-14-9-10(18)7-8-12(14)19/h3-9H,2H2,1H3,(H,20,21,22). The van der Waals surface area contributed by atoms with Gasteiger partial charge >= 0.3 is 5.97 Å². The van der Waals surface area contributed by atoms with Crippen LogP contribution in [0.4, 0.5) is 20.3 Å². The number of esters is 1. The number of anilines is 2. The van der Waals surface area contributed by atoms with Gasteiger partial charge in [0.05, 0.1) is 17.8 Å². The Morgan fingerprint density at radius 1 is 1.17 bits per heavy atom. The summed E-state index contributed by atoms with van der Waals surface area (Å²) in [6.07, 6.45) is 0. The van der Waals surface area contributed by atoms with Gasteiger partial charge < -0.3 is 10.1 Å². The number of halogens is 2. The van der Waals surface area contributed by atoms with Crippen molar-refractivity contribution in [2.24, 2.45) is 0 Å². The Morgan fingerprint density at radius 2 is 1.96 bits per heavy atom. The lowest BCUT2D eigenvalue weighted by atomic mass is 10.2. The first-order chi connectivity index (χ1) is 11.6. The van der Waals surface area contributed by atoms with Crippen LogP contribution in [0.1, 0.15) is 17.5 Å². The number of benzene rings is 2. The molecule has 0 bridgehead atoms. The smallest absolute Gasteiger partial charge is 0.376 e. The van der Waals surface area contributed by atoms with E-state index in [1.165, 1.54) is 0 Å². The number of carbonyl (C=O) groups excluding carboxylic acids is 1. The van der Waals surface area contributed by atoms with E-state index in [1.807, 2.05) is 0 Å². The maximum Gasteiger partial charge on any atom is 0.376 e. The molecular formula is C17H13F2N3O2. The number of rotatable bonds is 4. The number of hydrogen-bond acceptors (Lipinski definition) is 5. The number of ether oxygens (including phenoxy) is 1. The molecule has 1 N–H and O–H groups in total. The molecule has 3 rings (SSSR count). The lowest BCUT2D eigenvalue weighted by molar-refractivity contribution is 0.0512. The zero-order valence-electron chi connectivity index (χ0n) is 12.7. The molecule has 0 aliphatic rings. The first kappa shape index (κ1) is 15.8. The quantitative estimate of drug-likeness (QED) is 0.737. The van der Waals surface area contributed by atoms with Gasteiger partial charge in [-0.1, -0.05) is 12.1 Å². The van der Waals surface area contributed by atoms with Crippen LogP contribution in [0.3, 0.4) is 0 Å². The van der Waals surface area contributed by atoms with E-state index < -0.39 is 17.6 Å². The summed E-state index contributed by atoms with van der Waals surface area (Å²) in [5.74, 6) is -1.89. The fourth-order valence-corrected chi connectivity index (χ4v) is 2.18. The van der Waals surface area contributed by atoms with Gasteiger partial charge in [-0.3, -0.25) is 0 Å². The van der Waals surface area contributed by atoms with Gasteiger partial charge in [0, 0.05) is 11.5 Å². The fourth-order valence-electron chi connectivity index (χ4n) is 2.18. The van der Waals surface area contributed by atoms with Crippen LogP contribution in [0, 0.1) is 11.6 Å². The van der Waals surface area contributed by atoms with Gasteiger partial charge in [0.25, 0.3) is 0 Å². The minimum absolute atomic E-state index is 0.0892. The molecule has 24 heavy (non-hydrogen) atoms. The molecule has 2 aromatic carbocycles. The summed E-state index contributed by atoms with van der Waals surface area (Å²) in [6, 6.07) is 9.93. The van der Waals surface area contributed by atoms with Crippen molar-refractivity contribution in [3.8, 4) is 0 Å². The molecule has 3 aromatic rings. The van der Waals surface area contributed by atoms with Crippen LogP contribution in [0.5, 0.6) is 0 Å². The Kier molecular flexibility index (Phi) is 4.33. The Balaban J connectivity index is 2.11. The van der Waals surface area contributed by atoms with Crippen LogP contribution in [0.2, 0.25) is 0 Å². The fraction of sp³-hybridized carbons (Fsp3) is 0.118. The molecule has 0 aliphatic heterocycles. The largest absolute Gasteiger partial charge is 0.460 e. The van der Waals surface area contributed by atoms with Crippen molar-refractivity contribution in [1.82, 2.24) is 9.97 Å². The number of nitrogens with one attached hydrogen (secondary N) is 1. The van der Waals surface area contributed by atoms with E-state index in [9.17, 15) is 13.6 Å². The molecule has 0 aliphatic carbocycles. The third-order valence-electron chi connectivity index (χ3n) is 3.24. The van der Waals surface area contributed by atoms with Crippen molar-refractivity contribution >= 4 is 28.4 Å². The molecule has 1 heterocycles. The lowest BCUT2D eigenvalue weighted by Gasteiger charge is -2.11. The van der Waals surface area contributed by atoms with Crippen molar-refractivity contribution in [3.05, 3.63) is 59.9 Å². The van der Waals surface area contributed by atoms with E-state index in [0.29, 0.717) is 10.9 Å². The third-order valence-corrected chi connectivity index (χ3v) is 3.24. The molecule has 0 atom stereocenters. The Bertz CT molecular complexity index is 915. The molecule has 0 radical (unpaired) electrons. The van der Waals surface area contributed by atoms with Crippen LogP contribution in [-0.2, 0) is 4.74 Å². The van der Waals surface area contributed by atoms with Crippen LogP contribution in [0.15, 0.2) is 42.5 Å². The van der Waals surface area contributed by atoms with Crippen molar-refractivity contribution in [2.75, 3.05) is 11.9 Å². The molecule has 0 amide bonds. The van der Waals surface area contributed by atoms with Gasteiger partial charge in [-0.15, -0.1) is 0 Å². The summed E-state index contributed by atoms with van der Waals surface area (Å²) in [7, 11) is 0. The average Bonchev–Trinajstić information content (AvgIpc) is 2.58. The molecule has 0 saturated carbocycles. The SMILES string of the molecule is CCOC(=O)c1nc(Nc2cc(F)ccc2F)c2ccccc2n1. The van der Waals surface area contributed by atoms with Gasteiger partial charge in [-0.2, -0.15) is 0 Å². The molecule has 5 nitrogen and oxygen atoms in total. The molecular weight excluding hydrogens is 316 g/mol. The molecule has 0 saturated heterocycles. The number of para-hydroxylation sites is 1. The Morgan fingerprint density at radius 3 is 2.75 bits per heavy atom. The molecule has 122 valence electrons. The summed E-state index contributed by atoms with van der Waals surface area (Å²) >= 11 is 0. The maximum atomic E-state index is 13.9. The zero-order chi connectivity index (χ0) is 17.1. The summed E-state index contributed by atoms with van der Waals surface area (Å²) in [4.78, 5) is 20.1. The van der Waals surface area contributed by atoms with Gasteiger partial charge in [-0.25, -0.2) is 23.5 Å². The average molecular weight is 329 g/mol. The Hall–Kier alpha value is -3.09. The van der Waals surface area contributed by atoms with E-state index in [4.69, 9.17) is 4.74 Å². The van der Waals surface area contributed by atoms with Gasteiger partial charge in [-0.05, 0) is 31.2 Å². The highest BCUT2D eigenvalue weighted by molar-refractivity contribution is 5.95. The highest BCUT2D eigenvalue weighted by atomic mass is 19.1. The van der Waals surface area contributed by atoms with Crippen molar-refractivity contribution in [1.29, 1.82) is 0 Å². The van der Waals surface area contributed by atoms with Gasteiger partial charge in [0.15, 0.2) is 0 Å². The van der Waals surface area contributed by atoms with Gasteiger partial charge in [0.1, 0.15) is 17.5 Å². The van der Waals surface area contributed by atoms with E-state index in [0.717, 1.165) is 18.2 Å². The summed E-state index contributed by atoms with van der Waals surface area (Å²) < 4.78 is 32.1. The summed E-state index contributed by atoms with van der Waals surface area (Å²) in [6.45, 7) is 1.84. The second kappa shape index (κ2) is 6.57. The predicted molar refractivity (Wildman–Crippen MR) is 85.1 cm³/mol. The van der Waals surface area contributed by atoms with Gasteiger partial charge in [0.2, 0.25) is 5.82 Å². The first-order valence-electron chi connectivity index (χ1n) is 7.24. The number of hydrogen-bond donors (Lipinski definition) is 1. The van der Waals surface area contributed by atoms with Crippen molar-refractivity contribution in [3.63, 3.8) is 0 Å². The van der Waals surface area contributed by atoms with E-state index >= 15 is 0 Å². The van der Waals surface area contributed by atoms with E-state index in [-0.39, 0.29) is 23.9 Å². The zero-order valence-corrected chi connectivity index (χ0v) is 12.7. The monoisotopic (exact) mass is 329 g/mol. The number of aromatic nitrogens is 2. The van der Waals surface area contributed by atoms with Crippen LogP contribution < -0.4 is 5.32 Å². The summed E-state index contributed by atoms with van der Waals surface area (Å²) in [5, 5.41) is 3.28. The molecule has 7 heteroatoms.